The molecule has 0 unspecified atom stereocenters. The summed E-state index contributed by atoms with van der Waals surface area (Å²) in [4.78, 5) is 27.5. The molecule has 2 aromatic carbocycles. The number of amides is 2. The summed E-state index contributed by atoms with van der Waals surface area (Å²) >= 11 is 6.20. The van der Waals surface area contributed by atoms with Crippen LogP contribution in [-0.4, -0.2) is 50.5 Å². The molecule has 1 N–H and O–H groups in total. The molecule has 0 heterocycles. The average molecular weight is 522 g/mol. The van der Waals surface area contributed by atoms with Gasteiger partial charge in [0.2, 0.25) is 21.8 Å². The topological polar surface area (TPSA) is 86.8 Å². The van der Waals surface area contributed by atoms with Gasteiger partial charge in [-0.15, -0.1) is 0 Å². The molecule has 192 valence electrons. The van der Waals surface area contributed by atoms with E-state index in [2.05, 4.69) is 5.32 Å². The van der Waals surface area contributed by atoms with E-state index < -0.39 is 16.1 Å². The zero-order valence-corrected chi connectivity index (χ0v) is 22.7. The van der Waals surface area contributed by atoms with Crippen molar-refractivity contribution < 1.29 is 18.0 Å². The fourth-order valence-corrected chi connectivity index (χ4v) is 4.90. The van der Waals surface area contributed by atoms with Gasteiger partial charge in [0.1, 0.15) is 6.04 Å². The van der Waals surface area contributed by atoms with Crippen LogP contribution in [0.3, 0.4) is 0 Å². The molecule has 9 heteroatoms. The quantitative estimate of drug-likeness (QED) is 0.447. The first-order chi connectivity index (χ1) is 16.5. The Labute approximate surface area is 214 Å². The molecular weight excluding hydrogens is 486 g/mol. The Bertz CT molecular complexity index is 1120. The Hall–Kier alpha value is -2.58. The molecule has 0 radical (unpaired) electrons. The van der Waals surface area contributed by atoms with Gasteiger partial charge in [0.25, 0.3) is 0 Å². The van der Waals surface area contributed by atoms with Crippen LogP contribution in [0, 0.1) is 13.8 Å². The van der Waals surface area contributed by atoms with Crippen LogP contribution in [0.25, 0.3) is 0 Å². The molecule has 0 aliphatic carbocycles. The van der Waals surface area contributed by atoms with Crippen molar-refractivity contribution in [2.24, 2.45) is 0 Å². The highest BCUT2D eigenvalue weighted by Gasteiger charge is 2.26. The van der Waals surface area contributed by atoms with Gasteiger partial charge in [-0.25, -0.2) is 8.42 Å². The largest absolute Gasteiger partial charge is 0.354 e. The minimum Gasteiger partial charge on any atom is -0.354 e. The van der Waals surface area contributed by atoms with E-state index in [1.165, 1.54) is 4.31 Å². The second kappa shape index (κ2) is 12.9. The lowest BCUT2D eigenvalue weighted by atomic mass is 10.1. The third-order valence-corrected chi connectivity index (χ3v) is 7.44. The lowest BCUT2D eigenvalue weighted by Gasteiger charge is -2.29. The highest BCUT2D eigenvalue weighted by molar-refractivity contribution is 7.92. The predicted molar refractivity (Wildman–Crippen MR) is 142 cm³/mol. The molecule has 0 aliphatic rings. The summed E-state index contributed by atoms with van der Waals surface area (Å²) in [6.07, 6.45) is 2.34. The summed E-state index contributed by atoms with van der Waals surface area (Å²) in [6, 6.07) is 12.3. The van der Waals surface area contributed by atoms with Gasteiger partial charge in [-0.3, -0.25) is 13.9 Å². The first kappa shape index (κ1) is 28.7. The summed E-state index contributed by atoms with van der Waals surface area (Å²) < 4.78 is 26.3. The number of nitrogens with one attached hydrogen (secondary N) is 1. The maximum atomic E-state index is 13.3. The van der Waals surface area contributed by atoms with Gasteiger partial charge in [0, 0.05) is 31.1 Å². The van der Waals surface area contributed by atoms with E-state index in [0.717, 1.165) is 23.8 Å². The first-order valence-corrected chi connectivity index (χ1v) is 14.0. The van der Waals surface area contributed by atoms with Crippen LogP contribution < -0.4 is 9.62 Å². The molecule has 0 fully saturated rings. The van der Waals surface area contributed by atoms with Gasteiger partial charge in [-0.1, -0.05) is 54.4 Å². The maximum Gasteiger partial charge on any atom is 0.242 e. The highest BCUT2D eigenvalue weighted by Crippen LogP contribution is 2.28. The van der Waals surface area contributed by atoms with E-state index in [9.17, 15) is 18.0 Å². The van der Waals surface area contributed by atoms with Crippen molar-refractivity contribution in [3.05, 3.63) is 64.2 Å². The van der Waals surface area contributed by atoms with Crippen molar-refractivity contribution in [1.82, 2.24) is 10.2 Å². The zero-order valence-electron chi connectivity index (χ0n) is 21.2. The smallest absolute Gasteiger partial charge is 0.242 e. The number of sulfonamides is 1. The number of nitrogens with zero attached hydrogens (tertiary/aromatic N) is 2. The van der Waals surface area contributed by atoms with Crippen LogP contribution in [-0.2, 0) is 26.2 Å². The normalized spacial score (nSPS) is 12.2. The number of hydrogen-bond acceptors (Lipinski definition) is 4. The molecule has 2 aromatic rings. The predicted octanol–water partition coefficient (Wildman–Crippen LogP) is 4.45. The monoisotopic (exact) mass is 521 g/mol. The van der Waals surface area contributed by atoms with Gasteiger partial charge in [-0.2, -0.15) is 0 Å². The molecule has 1 atom stereocenters. The lowest BCUT2D eigenvalue weighted by Crippen LogP contribution is -2.47. The minimum atomic E-state index is -3.58. The second-order valence-electron chi connectivity index (χ2n) is 8.80. The summed E-state index contributed by atoms with van der Waals surface area (Å²) in [6.45, 7) is 8.40. The van der Waals surface area contributed by atoms with Gasteiger partial charge in [-0.05, 0) is 56.9 Å². The van der Waals surface area contributed by atoms with Crippen LogP contribution in [0.15, 0.2) is 42.5 Å². The lowest BCUT2D eigenvalue weighted by molar-refractivity contribution is -0.140. The van der Waals surface area contributed by atoms with E-state index in [0.29, 0.717) is 35.8 Å². The van der Waals surface area contributed by atoms with Crippen molar-refractivity contribution in [2.45, 2.75) is 59.5 Å². The fourth-order valence-electron chi connectivity index (χ4n) is 3.72. The SMILES string of the molecule is CCCNC(=O)[C@@H](C)N(Cc1ccc(C)cc1)C(=O)CCCN(c1cccc(Cl)c1C)S(C)(=O)=O. The fraction of sp³-hybridized carbons (Fsp3) is 0.462. The summed E-state index contributed by atoms with van der Waals surface area (Å²) in [5, 5.41) is 3.33. The van der Waals surface area contributed by atoms with Crippen molar-refractivity contribution in [3.63, 3.8) is 0 Å². The molecule has 0 aliphatic heterocycles. The number of anilines is 1. The van der Waals surface area contributed by atoms with E-state index in [1.54, 1.807) is 36.9 Å². The van der Waals surface area contributed by atoms with E-state index >= 15 is 0 Å². The zero-order chi connectivity index (χ0) is 26.2. The van der Waals surface area contributed by atoms with Crippen molar-refractivity contribution in [2.75, 3.05) is 23.7 Å². The third-order valence-electron chi connectivity index (χ3n) is 5.85. The number of carbonyl (C=O) groups is 2. The number of rotatable bonds is 12. The maximum absolute atomic E-state index is 13.3. The van der Waals surface area contributed by atoms with Crippen LogP contribution in [0.2, 0.25) is 5.02 Å². The Balaban J connectivity index is 2.18. The third kappa shape index (κ3) is 8.25. The van der Waals surface area contributed by atoms with E-state index in [4.69, 9.17) is 11.6 Å². The molecule has 0 aromatic heterocycles. The Morgan fingerprint density at radius 1 is 1.09 bits per heavy atom. The molecule has 2 amide bonds. The molecule has 2 rings (SSSR count). The number of hydrogen-bond donors (Lipinski definition) is 1. The van der Waals surface area contributed by atoms with Crippen LogP contribution in [0.1, 0.15) is 49.8 Å². The minimum absolute atomic E-state index is 0.100. The standard InChI is InChI=1S/C26H36ClN3O4S/c1-6-16-28-26(32)21(4)29(18-22-14-12-19(2)13-15-22)25(31)11-8-17-30(35(5,33)34)24-10-7-9-23(27)20(24)3/h7,9-10,12-15,21H,6,8,11,16-18H2,1-5H3,(H,28,32)/t21-/m1/s1. The summed E-state index contributed by atoms with van der Waals surface area (Å²) in [5.74, 6) is -0.416. The number of halogens is 1. The second-order valence-corrected chi connectivity index (χ2v) is 11.1. The van der Waals surface area contributed by atoms with Gasteiger partial charge >= 0.3 is 0 Å². The number of aryl methyl sites for hydroxylation is 1. The first-order valence-electron chi connectivity index (χ1n) is 11.8. The van der Waals surface area contributed by atoms with Crippen molar-refractivity contribution in [3.8, 4) is 0 Å². The van der Waals surface area contributed by atoms with E-state index in [-0.39, 0.29) is 24.8 Å². The Morgan fingerprint density at radius 3 is 2.34 bits per heavy atom. The molecular formula is C26H36ClN3O4S. The number of carbonyl (C=O) groups excluding carboxylic acids is 2. The summed E-state index contributed by atoms with van der Waals surface area (Å²) in [7, 11) is -3.58. The van der Waals surface area contributed by atoms with Gasteiger partial charge in [0.15, 0.2) is 0 Å². The molecule has 0 bridgehead atoms. The van der Waals surface area contributed by atoms with Gasteiger partial charge < -0.3 is 10.2 Å². The highest BCUT2D eigenvalue weighted by atomic mass is 35.5. The molecule has 7 nitrogen and oxygen atoms in total. The van der Waals surface area contributed by atoms with E-state index in [1.807, 2.05) is 38.1 Å². The van der Waals surface area contributed by atoms with Crippen LogP contribution >= 0.6 is 11.6 Å². The number of benzene rings is 2. The Kier molecular flexibility index (Phi) is 10.6. The molecule has 0 saturated carbocycles. The van der Waals surface area contributed by atoms with Crippen molar-refractivity contribution >= 4 is 39.1 Å². The molecule has 0 spiro atoms. The van der Waals surface area contributed by atoms with Crippen LogP contribution in [0.4, 0.5) is 5.69 Å². The van der Waals surface area contributed by atoms with Crippen molar-refractivity contribution in [1.29, 1.82) is 0 Å². The molecule has 35 heavy (non-hydrogen) atoms. The van der Waals surface area contributed by atoms with Crippen LogP contribution in [0.5, 0.6) is 0 Å². The summed E-state index contributed by atoms with van der Waals surface area (Å²) in [5.41, 5.74) is 3.19. The van der Waals surface area contributed by atoms with Gasteiger partial charge in [0.05, 0.1) is 11.9 Å². The Morgan fingerprint density at radius 2 is 1.74 bits per heavy atom. The molecule has 0 saturated heterocycles. The average Bonchev–Trinajstić information content (AvgIpc) is 2.80.